The van der Waals surface area contributed by atoms with Gasteiger partial charge in [0.1, 0.15) is 5.82 Å². The molecule has 116 valence electrons. The predicted molar refractivity (Wildman–Crippen MR) is 71.9 cm³/mol. The van der Waals surface area contributed by atoms with Crippen LogP contribution in [0.3, 0.4) is 0 Å². The lowest BCUT2D eigenvalue weighted by Gasteiger charge is -2.14. The van der Waals surface area contributed by atoms with Crippen LogP contribution in [0, 0.1) is 5.82 Å². The molecule has 0 heterocycles. The molecule has 1 rings (SSSR count). The van der Waals surface area contributed by atoms with Crippen molar-refractivity contribution in [3.63, 3.8) is 0 Å². The molecule has 0 fully saturated rings. The molecule has 1 aromatic carbocycles. The van der Waals surface area contributed by atoms with Gasteiger partial charge in [-0.25, -0.2) is 4.39 Å². The van der Waals surface area contributed by atoms with Gasteiger partial charge in [-0.2, -0.15) is 13.2 Å². The molecule has 0 bridgehead atoms. The molecule has 0 radical (unpaired) electrons. The van der Waals surface area contributed by atoms with Crippen LogP contribution in [0.25, 0.3) is 0 Å². The molecule has 2 nitrogen and oxygen atoms in total. The number of alkyl halides is 3. The molecule has 0 saturated heterocycles. The minimum atomic E-state index is -4.66. The van der Waals surface area contributed by atoms with Crippen LogP contribution in [0.15, 0.2) is 29.8 Å². The van der Waals surface area contributed by atoms with Crippen LogP contribution in [0.1, 0.15) is 37.8 Å². The van der Waals surface area contributed by atoms with E-state index in [1.165, 1.54) is 0 Å². The maximum absolute atomic E-state index is 13.6. The lowest BCUT2D eigenvalue weighted by Crippen LogP contribution is -2.26. The molecule has 21 heavy (non-hydrogen) atoms. The second kappa shape index (κ2) is 7.24. The number of benzene rings is 1. The van der Waals surface area contributed by atoms with Crippen molar-refractivity contribution in [2.75, 3.05) is 0 Å². The van der Waals surface area contributed by atoms with Gasteiger partial charge < -0.3 is 5.32 Å². The Kier molecular flexibility index (Phi) is 5.93. The van der Waals surface area contributed by atoms with E-state index < -0.39 is 35.6 Å². The number of allylic oxidation sites excluding steroid dienone is 1. The third kappa shape index (κ3) is 4.58. The lowest BCUT2D eigenvalue weighted by atomic mass is 10.1. The number of amides is 1. The maximum atomic E-state index is 13.6. The third-order valence-electron chi connectivity index (χ3n) is 2.97. The fourth-order valence-electron chi connectivity index (χ4n) is 1.93. The van der Waals surface area contributed by atoms with E-state index >= 15 is 0 Å². The summed E-state index contributed by atoms with van der Waals surface area (Å²) in [6.45, 7) is 3.12. The summed E-state index contributed by atoms with van der Waals surface area (Å²) in [6.07, 6.45) is -1.86. The maximum Gasteiger partial charge on any atom is 0.416 e. The van der Waals surface area contributed by atoms with Crippen molar-refractivity contribution >= 4 is 5.91 Å². The third-order valence-corrected chi connectivity index (χ3v) is 2.97. The standard InChI is InChI=1S/C15H17F4NO/c1-3-6-10(4-2)14(21)20-9-11-12(15(17,18)19)7-5-8-13(11)16/h5-8H,3-4,9H2,1-2H3,(H,20,21)/b10-6+. The molecule has 0 spiro atoms. The van der Waals surface area contributed by atoms with Crippen LogP contribution in [-0.2, 0) is 17.5 Å². The Morgan fingerprint density at radius 1 is 1.29 bits per heavy atom. The Morgan fingerprint density at radius 3 is 2.48 bits per heavy atom. The van der Waals surface area contributed by atoms with Crippen LogP contribution < -0.4 is 5.32 Å². The number of hydrogen-bond donors (Lipinski definition) is 1. The second-order valence-corrected chi connectivity index (χ2v) is 4.44. The number of carbonyl (C=O) groups excluding carboxylic acids is 1. The molecule has 0 unspecified atom stereocenters. The van der Waals surface area contributed by atoms with Gasteiger partial charge in [0.25, 0.3) is 0 Å². The Labute approximate surface area is 120 Å². The van der Waals surface area contributed by atoms with E-state index in [2.05, 4.69) is 5.32 Å². The summed E-state index contributed by atoms with van der Waals surface area (Å²) in [4.78, 5) is 11.8. The normalized spacial score (nSPS) is 12.4. The molecule has 6 heteroatoms. The Balaban J connectivity index is 2.94. The van der Waals surface area contributed by atoms with Gasteiger partial charge in [-0.15, -0.1) is 0 Å². The summed E-state index contributed by atoms with van der Waals surface area (Å²) < 4.78 is 52.0. The average molecular weight is 303 g/mol. The molecule has 0 aliphatic carbocycles. The highest BCUT2D eigenvalue weighted by atomic mass is 19.4. The molecular formula is C15H17F4NO. The smallest absolute Gasteiger partial charge is 0.348 e. The van der Waals surface area contributed by atoms with Gasteiger partial charge in [-0.3, -0.25) is 4.79 Å². The first kappa shape index (κ1) is 17.2. The second-order valence-electron chi connectivity index (χ2n) is 4.44. The van der Waals surface area contributed by atoms with E-state index in [4.69, 9.17) is 0 Å². The zero-order valence-corrected chi connectivity index (χ0v) is 11.9. The van der Waals surface area contributed by atoms with Gasteiger partial charge in [0, 0.05) is 17.7 Å². The number of halogens is 4. The van der Waals surface area contributed by atoms with E-state index in [0.717, 1.165) is 18.2 Å². The largest absolute Gasteiger partial charge is 0.416 e. The van der Waals surface area contributed by atoms with Crippen molar-refractivity contribution < 1.29 is 22.4 Å². The van der Waals surface area contributed by atoms with Crippen LogP contribution in [-0.4, -0.2) is 5.91 Å². The van der Waals surface area contributed by atoms with Gasteiger partial charge >= 0.3 is 6.18 Å². The van der Waals surface area contributed by atoms with Gasteiger partial charge in [0.05, 0.1) is 5.56 Å². The van der Waals surface area contributed by atoms with Crippen LogP contribution in [0.2, 0.25) is 0 Å². The highest BCUT2D eigenvalue weighted by Crippen LogP contribution is 2.32. The van der Waals surface area contributed by atoms with Crippen molar-refractivity contribution in [2.24, 2.45) is 0 Å². The zero-order valence-electron chi connectivity index (χ0n) is 11.9. The Morgan fingerprint density at radius 2 is 1.95 bits per heavy atom. The first-order valence-electron chi connectivity index (χ1n) is 6.63. The Bertz CT molecular complexity index is 535. The van der Waals surface area contributed by atoms with Crippen molar-refractivity contribution in [1.82, 2.24) is 5.32 Å². The van der Waals surface area contributed by atoms with E-state index in [1.54, 1.807) is 13.0 Å². The van der Waals surface area contributed by atoms with Crippen molar-refractivity contribution in [3.05, 3.63) is 46.8 Å². The van der Waals surface area contributed by atoms with Crippen LogP contribution >= 0.6 is 0 Å². The highest BCUT2D eigenvalue weighted by Gasteiger charge is 2.34. The summed E-state index contributed by atoms with van der Waals surface area (Å²) in [5.41, 5.74) is -1.15. The van der Waals surface area contributed by atoms with E-state index in [1.807, 2.05) is 6.92 Å². The summed E-state index contributed by atoms with van der Waals surface area (Å²) >= 11 is 0. The molecule has 1 aromatic rings. The van der Waals surface area contributed by atoms with Crippen LogP contribution in [0.4, 0.5) is 17.6 Å². The van der Waals surface area contributed by atoms with Crippen molar-refractivity contribution in [3.8, 4) is 0 Å². The summed E-state index contributed by atoms with van der Waals surface area (Å²) in [7, 11) is 0. The minimum Gasteiger partial charge on any atom is -0.348 e. The fourth-order valence-corrected chi connectivity index (χ4v) is 1.93. The van der Waals surface area contributed by atoms with Crippen molar-refractivity contribution in [2.45, 2.75) is 39.4 Å². The monoisotopic (exact) mass is 303 g/mol. The molecule has 1 amide bonds. The predicted octanol–water partition coefficient (Wildman–Crippen LogP) is 4.21. The van der Waals surface area contributed by atoms with Gasteiger partial charge in [0.2, 0.25) is 5.91 Å². The van der Waals surface area contributed by atoms with Gasteiger partial charge in [-0.05, 0) is 25.0 Å². The quantitative estimate of drug-likeness (QED) is 0.641. The highest BCUT2D eigenvalue weighted by molar-refractivity contribution is 5.93. The van der Waals surface area contributed by atoms with E-state index in [9.17, 15) is 22.4 Å². The fraction of sp³-hybridized carbons (Fsp3) is 0.400. The summed E-state index contributed by atoms with van der Waals surface area (Å²) in [6, 6.07) is 2.74. The lowest BCUT2D eigenvalue weighted by molar-refractivity contribution is -0.138. The average Bonchev–Trinajstić information content (AvgIpc) is 2.41. The van der Waals surface area contributed by atoms with Gasteiger partial charge in [0.15, 0.2) is 0 Å². The zero-order chi connectivity index (χ0) is 16.0. The molecular weight excluding hydrogens is 286 g/mol. The summed E-state index contributed by atoms with van der Waals surface area (Å²) in [5, 5.41) is 2.34. The minimum absolute atomic E-state index is 0.461. The number of hydrogen-bond acceptors (Lipinski definition) is 1. The number of rotatable bonds is 5. The molecule has 0 saturated carbocycles. The van der Waals surface area contributed by atoms with Crippen LogP contribution in [0.5, 0.6) is 0 Å². The molecule has 0 aliphatic heterocycles. The van der Waals surface area contributed by atoms with Crippen molar-refractivity contribution in [1.29, 1.82) is 0 Å². The Hall–Kier alpha value is -1.85. The number of nitrogens with one attached hydrogen (secondary N) is 1. The van der Waals surface area contributed by atoms with E-state index in [0.29, 0.717) is 18.4 Å². The SMILES string of the molecule is CC/C=C(\CC)C(=O)NCc1c(F)cccc1C(F)(F)F. The van der Waals surface area contributed by atoms with Gasteiger partial charge in [-0.1, -0.05) is 26.0 Å². The molecule has 0 aliphatic rings. The first-order valence-corrected chi connectivity index (χ1v) is 6.63. The number of carbonyl (C=O) groups is 1. The molecule has 1 N–H and O–H groups in total. The summed E-state index contributed by atoms with van der Waals surface area (Å²) in [5.74, 6) is -1.46. The molecule has 0 aromatic heterocycles. The van der Waals surface area contributed by atoms with E-state index in [-0.39, 0.29) is 0 Å². The first-order chi connectivity index (χ1) is 9.81. The topological polar surface area (TPSA) is 29.1 Å². The molecule has 0 atom stereocenters.